The highest BCUT2D eigenvalue weighted by atomic mass is 79.9. The number of aromatic nitrogens is 3. The van der Waals surface area contributed by atoms with Crippen LogP contribution >= 0.6 is 15.9 Å². The molecule has 0 saturated heterocycles. The van der Waals surface area contributed by atoms with Crippen LogP contribution in [0.4, 0.5) is 0 Å². The molecular formula is C11H12BrN3O2. The van der Waals surface area contributed by atoms with Gasteiger partial charge in [0.15, 0.2) is 5.82 Å². The van der Waals surface area contributed by atoms with Gasteiger partial charge in [-0.25, -0.2) is 4.98 Å². The van der Waals surface area contributed by atoms with Gasteiger partial charge in [-0.15, -0.1) is 0 Å². The minimum absolute atomic E-state index is 0.0160. The topological polar surface area (TPSA) is 60.2 Å². The van der Waals surface area contributed by atoms with Crippen molar-refractivity contribution in [1.82, 2.24) is 14.8 Å². The van der Waals surface area contributed by atoms with Gasteiger partial charge in [0.2, 0.25) is 0 Å². The van der Waals surface area contributed by atoms with Crippen molar-refractivity contribution in [2.45, 2.75) is 13.2 Å². The lowest BCUT2D eigenvalue weighted by molar-refractivity contribution is 0.278. The van der Waals surface area contributed by atoms with Gasteiger partial charge in [0.1, 0.15) is 18.7 Å². The molecule has 90 valence electrons. The number of hydrogen-bond donors (Lipinski definition) is 1. The molecule has 1 heterocycles. The van der Waals surface area contributed by atoms with Crippen LogP contribution in [0, 0.1) is 0 Å². The second kappa shape index (κ2) is 5.29. The number of aryl methyl sites for hydroxylation is 1. The first kappa shape index (κ1) is 12.1. The first-order valence-corrected chi connectivity index (χ1v) is 5.85. The molecule has 0 radical (unpaired) electrons. The molecule has 0 unspecified atom stereocenters. The highest BCUT2D eigenvalue weighted by molar-refractivity contribution is 9.10. The second-order valence-corrected chi connectivity index (χ2v) is 4.37. The Morgan fingerprint density at radius 1 is 1.47 bits per heavy atom. The molecule has 2 rings (SSSR count). The van der Waals surface area contributed by atoms with Gasteiger partial charge in [-0.3, -0.25) is 4.68 Å². The molecule has 0 amide bonds. The largest absolute Gasteiger partial charge is 0.484 e. The molecule has 0 spiro atoms. The number of ether oxygens (including phenoxy) is 1. The van der Waals surface area contributed by atoms with Crippen molar-refractivity contribution in [3.8, 4) is 5.75 Å². The first-order valence-electron chi connectivity index (χ1n) is 5.05. The summed E-state index contributed by atoms with van der Waals surface area (Å²) in [5.74, 6) is 1.47. The van der Waals surface area contributed by atoms with Gasteiger partial charge in [0, 0.05) is 7.05 Å². The summed E-state index contributed by atoms with van der Waals surface area (Å²) in [5.41, 5.74) is 0.836. The number of nitrogens with zero attached hydrogens (tertiary/aromatic N) is 3. The Labute approximate surface area is 107 Å². The van der Waals surface area contributed by atoms with Crippen LogP contribution < -0.4 is 4.74 Å². The van der Waals surface area contributed by atoms with Gasteiger partial charge in [-0.05, 0) is 33.6 Å². The summed E-state index contributed by atoms with van der Waals surface area (Å²) in [6, 6.07) is 5.45. The van der Waals surface area contributed by atoms with Gasteiger partial charge < -0.3 is 9.84 Å². The van der Waals surface area contributed by atoms with Crippen molar-refractivity contribution in [2.75, 3.05) is 0 Å². The Morgan fingerprint density at radius 2 is 2.29 bits per heavy atom. The zero-order chi connectivity index (χ0) is 12.3. The monoisotopic (exact) mass is 297 g/mol. The van der Waals surface area contributed by atoms with Crippen molar-refractivity contribution in [2.24, 2.45) is 7.05 Å². The predicted octanol–water partition coefficient (Wildman–Crippen LogP) is 1.65. The third-order valence-corrected chi connectivity index (χ3v) is 2.96. The molecule has 0 aliphatic rings. The molecule has 0 bridgehead atoms. The summed E-state index contributed by atoms with van der Waals surface area (Å²) in [5, 5.41) is 12.9. The van der Waals surface area contributed by atoms with Crippen molar-refractivity contribution in [3.05, 3.63) is 40.4 Å². The maximum absolute atomic E-state index is 8.99. The summed E-state index contributed by atoms with van der Waals surface area (Å²) in [7, 11) is 1.82. The van der Waals surface area contributed by atoms with E-state index in [1.165, 1.54) is 6.33 Å². The lowest BCUT2D eigenvalue weighted by Gasteiger charge is -2.08. The highest BCUT2D eigenvalue weighted by Crippen LogP contribution is 2.26. The standard InChI is InChI=1S/C11H12BrN3O2/c1-15-11(13-7-14-15)6-17-10-3-2-8(5-16)4-9(10)12/h2-4,7,16H,5-6H2,1H3. The number of aliphatic hydroxyl groups excluding tert-OH is 1. The summed E-state index contributed by atoms with van der Waals surface area (Å²) >= 11 is 3.39. The number of benzene rings is 1. The Hall–Kier alpha value is -1.40. The first-order chi connectivity index (χ1) is 8.20. The molecule has 0 atom stereocenters. The van der Waals surface area contributed by atoms with Crippen LogP contribution in [0.5, 0.6) is 5.75 Å². The third kappa shape index (κ3) is 2.83. The average molecular weight is 298 g/mol. The predicted molar refractivity (Wildman–Crippen MR) is 65.4 cm³/mol. The number of hydrogen-bond acceptors (Lipinski definition) is 4. The molecule has 1 aromatic heterocycles. The molecule has 0 saturated carbocycles. The highest BCUT2D eigenvalue weighted by Gasteiger charge is 2.05. The lowest BCUT2D eigenvalue weighted by Crippen LogP contribution is -2.04. The van der Waals surface area contributed by atoms with Gasteiger partial charge >= 0.3 is 0 Å². The van der Waals surface area contributed by atoms with Crippen molar-refractivity contribution in [1.29, 1.82) is 0 Å². The second-order valence-electron chi connectivity index (χ2n) is 3.51. The van der Waals surface area contributed by atoms with Crippen LogP contribution in [-0.4, -0.2) is 19.9 Å². The quantitative estimate of drug-likeness (QED) is 0.932. The molecule has 0 fully saturated rings. The summed E-state index contributed by atoms with van der Waals surface area (Å²) < 4.78 is 8.08. The SMILES string of the molecule is Cn1ncnc1COc1ccc(CO)cc1Br. The molecule has 5 nitrogen and oxygen atoms in total. The average Bonchev–Trinajstić information content (AvgIpc) is 2.73. The van der Waals surface area contributed by atoms with Crippen molar-refractivity contribution < 1.29 is 9.84 Å². The van der Waals surface area contributed by atoms with E-state index >= 15 is 0 Å². The van der Waals surface area contributed by atoms with Gasteiger partial charge in [0.05, 0.1) is 11.1 Å². The van der Waals surface area contributed by atoms with E-state index in [9.17, 15) is 0 Å². The fourth-order valence-corrected chi connectivity index (χ4v) is 1.89. The normalized spacial score (nSPS) is 10.5. The Morgan fingerprint density at radius 3 is 2.88 bits per heavy atom. The third-order valence-electron chi connectivity index (χ3n) is 2.34. The fraction of sp³-hybridized carbons (Fsp3) is 0.273. The maximum atomic E-state index is 8.99. The van der Waals surface area contributed by atoms with E-state index in [0.717, 1.165) is 15.9 Å². The number of aliphatic hydroxyl groups is 1. The zero-order valence-corrected chi connectivity index (χ0v) is 10.9. The molecule has 2 aromatic rings. The van der Waals surface area contributed by atoms with Crippen molar-refractivity contribution >= 4 is 15.9 Å². The van der Waals surface area contributed by atoms with E-state index in [0.29, 0.717) is 12.4 Å². The van der Waals surface area contributed by atoms with Crippen LogP contribution in [0.2, 0.25) is 0 Å². The van der Waals surface area contributed by atoms with Crippen LogP contribution in [0.1, 0.15) is 11.4 Å². The van der Waals surface area contributed by atoms with Crippen molar-refractivity contribution in [3.63, 3.8) is 0 Å². The number of halogens is 1. The van der Waals surface area contributed by atoms with E-state index in [4.69, 9.17) is 9.84 Å². The van der Waals surface area contributed by atoms with E-state index in [1.54, 1.807) is 4.68 Å². The van der Waals surface area contributed by atoms with E-state index in [-0.39, 0.29) is 6.61 Å². The van der Waals surface area contributed by atoms with Gasteiger partial charge in [-0.1, -0.05) is 6.07 Å². The molecular weight excluding hydrogens is 286 g/mol. The van der Waals surface area contributed by atoms with E-state index < -0.39 is 0 Å². The summed E-state index contributed by atoms with van der Waals surface area (Å²) in [4.78, 5) is 4.07. The van der Waals surface area contributed by atoms with Crippen LogP contribution in [0.15, 0.2) is 29.0 Å². The maximum Gasteiger partial charge on any atom is 0.164 e. The minimum atomic E-state index is 0.0160. The van der Waals surface area contributed by atoms with Crippen LogP contribution in [-0.2, 0) is 20.3 Å². The van der Waals surface area contributed by atoms with Gasteiger partial charge in [0.25, 0.3) is 0 Å². The molecule has 1 N–H and O–H groups in total. The number of rotatable bonds is 4. The smallest absolute Gasteiger partial charge is 0.164 e. The minimum Gasteiger partial charge on any atom is -0.484 e. The molecule has 0 aliphatic carbocycles. The van der Waals surface area contributed by atoms with Gasteiger partial charge in [-0.2, -0.15) is 5.10 Å². The van der Waals surface area contributed by atoms with Crippen LogP contribution in [0.3, 0.4) is 0 Å². The zero-order valence-electron chi connectivity index (χ0n) is 9.30. The van der Waals surface area contributed by atoms with Crippen LogP contribution in [0.25, 0.3) is 0 Å². The van der Waals surface area contributed by atoms with E-state index in [2.05, 4.69) is 26.0 Å². The molecule has 17 heavy (non-hydrogen) atoms. The Bertz CT molecular complexity index is 513. The summed E-state index contributed by atoms with van der Waals surface area (Å²) in [6.07, 6.45) is 1.49. The molecule has 1 aromatic carbocycles. The Balaban J connectivity index is 2.07. The fourth-order valence-electron chi connectivity index (χ4n) is 1.35. The lowest BCUT2D eigenvalue weighted by atomic mass is 10.2. The Kier molecular flexibility index (Phi) is 3.75. The van der Waals surface area contributed by atoms with E-state index in [1.807, 2.05) is 25.2 Å². The summed E-state index contributed by atoms with van der Waals surface area (Å²) in [6.45, 7) is 0.371. The molecule has 0 aliphatic heterocycles. The molecule has 6 heteroatoms.